The number of carbonyl (C=O) groups excluding carboxylic acids is 2. The van der Waals surface area contributed by atoms with Crippen molar-refractivity contribution in [1.29, 1.82) is 0 Å². The molecule has 1 aliphatic heterocycles. The number of benzene rings is 2. The van der Waals surface area contributed by atoms with Crippen molar-refractivity contribution in [1.82, 2.24) is 16.0 Å². The van der Waals surface area contributed by atoms with Gasteiger partial charge >= 0.3 is 0 Å². The first kappa shape index (κ1) is 18.5. The van der Waals surface area contributed by atoms with Gasteiger partial charge in [0, 0.05) is 11.1 Å². The molecule has 2 N–H and O–H groups in total. The number of hydrazine groups is 1. The molecule has 8 nitrogen and oxygen atoms in total. The van der Waals surface area contributed by atoms with Crippen LogP contribution in [0, 0.1) is 12.7 Å². The van der Waals surface area contributed by atoms with E-state index in [9.17, 15) is 14.0 Å². The van der Waals surface area contributed by atoms with Crippen molar-refractivity contribution in [2.45, 2.75) is 6.92 Å². The van der Waals surface area contributed by atoms with Gasteiger partial charge in [0.05, 0.1) is 0 Å². The van der Waals surface area contributed by atoms with E-state index in [4.69, 9.17) is 14.0 Å². The van der Waals surface area contributed by atoms with Gasteiger partial charge in [0.2, 0.25) is 0 Å². The molecule has 0 atom stereocenters. The van der Waals surface area contributed by atoms with Crippen LogP contribution in [-0.4, -0.2) is 30.2 Å². The van der Waals surface area contributed by atoms with Gasteiger partial charge in [-0.05, 0) is 49.4 Å². The van der Waals surface area contributed by atoms with Gasteiger partial charge in [0.25, 0.3) is 11.8 Å². The number of fused-ring (bicyclic) bond motifs is 1. The summed E-state index contributed by atoms with van der Waals surface area (Å²) >= 11 is 0. The molecule has 3 aromatic rings. The predicted octanol–water partition coefficient (Wildman–Crippen LogP) is 2.64. The lowest BCUT2D eigenvalue weighted by Crippen LogP contribution is -2.42. The number of halogens is 1. The van der Waals surface area contributed by atoms with Crippen molar-refractivity contribution >= 4 is 11.8 Å². The molecular formula is C20H16FN3O5. The molecule has 4 rings (SSSR count). The van der Waals surface area contributed by atoms with Gasteiger partial charge < -0.3 is 14.0 Å². The molecule has 0 spiro atoms. The van der Waals surface area contributed by atoms with Crippen molar-refractivity contribution in [2.75, 3.05) is 13.2 Å². The van der Waals surface area contributed by atoms with Gasteiger partial charge in [-0.3, -0.25) is 20.4 Å². The highest BCUT2D eigenvalue weighted by Gasteiger charge is 2.22. The Morgan fingerprint density at radius 1 is 0.966 bits per heavy atom. The first-order chi connectivity index (χ1) is 14.0. The van der Waals surface area contributed by atoms with E-state index < -0.39 is 17.6 Å². The molecule has 1 aromatic heterocycles. The first-order valence-corrected chi connectivity index (χ1v) is 8.75. The number of amides is 2. The van der Waals surface area contributed by atoms with Crippen LogP contribution in [0.25, 0.3) is 11.3 Å². The number of hydrogen-bond acceptors (Lipinski definition) is 6. The Kier molecular flexibility index (Phi) is 4.86. The number of rotatable bonds is 3. The second kappa shape index (κ2) is 7.63. The highest BCUT2D eigenvalue weighted by molar-refractivity contribution is 6.03. The Hall–Kier alpha value is -3.88. The summed E-state index contributed by atoms with van der Waals surface area (Å²) in [5.41, 5.74) is 5.86. The van der Waals surface area contributed by atoms with Gasteiger partial charge in [0.1, 0.15) is 36.0 Å². The van der Waals surface area contributed by atoms with Crippen LogP contribution in [0.3, 0.4) is 0 Å². The summed E-state index contributed by atoms with van der Waals surface area (Å²) in [4.78, 5) is 25.0. The minimum absolute atomic E-state index is 0.138. The smallest absolute Gasteiger partial charge is 0.275 e. The van der Waals surface area contributed by atoms with Crippen LogP contribution in [0.4, 0.5) is 4.39 Å². The van der Waals surface area contributed by atoms with Gasteiger partial charge in [0.15, 0.2) is 11.5 Å². The molecule has 2 amide bonds. The molecule has 0 aliphatic carbocycles. The van der Waals surface area contributed by atoms with Crippen LogP contribution in [0.1, 0.15) is 26.5 Å². The maximum absolute atomic E-state index is 13.2. The summed E-state index contributed by atoms with van der Waals surface area (Å²) in [6, 6.07) is 10.2. The van der Waals surface area contributed by atoms with Crippen LogP contribution >= 0.6 is 0 Å². The Balaban J connectivity index is 1.48. The number of hydrogen-bond donors (Lipinski definition) is 2. The van der Waals surface area contributed by atoms with Crippen molar-refractivity contribution in [3.8, 4) is 22.8 Å². The molecule has 0 saturated heterocycles. The molecule has 9 heteroatoms. The minimum Gasteiger partial charge on any atom is -0.486 e. The maximum Gasteiger partial charge on any atom is 0.275 e. The SMILES string of the molecule is Cc1onc(-c2ccc(F)cc2)c1C(=O)NNC(=O)c1ccc2c(c1)OCCO2. The topological polar surface area (TPSA) is 103 Å². The largest absolute Gasteiger partial charge is 0.486 e. The average molecular weight is 397 g/mol. The van der Waals surface area contributed by atoms with E-state index in [1.807, 2.05) is 0 Å². The number of ether oxygens (including phenoxy) is 2. The molecule has 148 valence electrons. The van der Waals surface area contributed by atoms with E-state index in [0.29, 0.717) is 30.3 Å². The van der Waals surface area contributed by atoms with Gasteiger partial charge in [-0.25, -0.2) is 4.39 Å². The standard InChI is InChI=1S/C20H16FN3O5/c1-11-17(18(24-29-11)12-2-5-14(21)6-3-12)20(26)23-22-19(25)13-4-7-15-16(10-13)28-9-8-27-15/h2-7,10H,8-9H2,1H3,(H,22,25)(H,23,26). The third kappa shape index (κ3) is 3.75. The third-order valence-electron chi connectivity index (χ3n) is 4.30. The van der Waals surface area contributed by atoms with E-state index in [1.54, 1.807) is 19.1 Å². The highest BCUT2D eigenvalue weighted by atomic mass is 19.1. The number of nitrogens with zero attached hydrogens (tertiary/aromatic N) is 1. The van der Waals surface area contributed by atoms with E-state index in [-0.39, 0.29) is 22.6 Å². The van der Waals surface area contributed by atoms with E-state index in [0.717, 1.165) is 0 Å². The average Bonchev–Trinajstić information content (AvgIpc) is 3.13. The number of nitrogens with one attached hydrogen (secondary N) is 2. The molecule has 0 saturated carbocycles. The molecular weight excluding hydrogens is 381 g/mol. The molecule has 0 fully saturated rings. The molecule has 2 heterocycles. The summed E-state index contributed by atoms with van der Waals surface area (Å²) in [5, 5.41) is 3.87. The zero-order valence-corrected chi connectivity index (χ0v) is 15.3. The Morgan fingerprint density at radius 2 is 1.66 bits per heavy atom. The zero-order chi connectivity index (χ0) is 20.4. The van der Waals surface area contributed by atoms with E-state index >= 15 is 0 Å². The quantitative estimate of drug-likeness (QED) is 0.659. The maximum atomic E-state index is 13.2. The van der Waals surface area contributed by atoms with E-state index in [2.05, 4.69) is 16.0 Å². The molecule has 0 unspecified atom stereocenters. The fraction of sp³-hybridized carbons (Fsp3) is 0.150. The second-order valence-electron chi connectivity index (χ2n) is 6.24. The van der Waals surface area contributed by atoms with Crippen LogP contribution in [0.15, 0.2) is 47.0 Å². The van der Waals surface area contributed by atoms with Crippen molar-refractivity contribution < 1.29 is 28.0 Å². The molecule has 2 aromatic carbocycles. The summed E-state index contributed by atoms with van der Waals surface area (Å²) in [6.07, 6.45) is 0. The summed E-state index contributed by atoms with van der Waals surface area (Å²) in [7, 11) is 0. The molecule has 29 heavy (non-hydrogen) atoms. The molecule has 0 radical (unpaired) electrons. The fourth-order valence-corrected chi connectivity index (χ4v) is 2.88. The van der Waals surface area contributed by atoms with Gasteiger partial charge in [-0.1, -0.05) is 5.16 Å². The lowest BCUT2D eigenvalue weighted by atomic mass is 10.1. The Labute approximate surface area is 164 Å². The summed E-state index contributed by atoms with van der Waals surface area (Å²) in [6.45, 7) is 2.41. The summed E-state index contributed by atoms with van der Waals surface area (Å²) < 4.78 is 29.1. The normalized spacial score (nSPS) is 12.3. The van der Waals surface area contributed by atoms with Crippen LogP contribution in [0.5, 0.6) is 11.5 Å². The van der Waals surface area contributed by atoms with Crippen LogP contribution < -0.4 is 20.3 Å². The molecule has 1 aliphatic rings. The van der Waals surface area contributed by atoms with Crippen LogP contribution in [-0.2, 0) is 0 Å². The Bertz CT molecular complexity index is 1080. The first-order valence-electron chi connectivity index (χ1n) is 8.75. The minimum atomic E-state index is -0.617. The van der Waals surface area contributed by atoms with Crippen molar-refractivity contribution in [2.24, 2.45) is 0 Å². The van der Waals surface area contributed by atoms with E-state index in [1.165, 1.54) is 30.3 Å². The number of carbonyl (C=O) groups is 2. The Morgan fingerprint density at radius 3 is 2.41 bits per heavy atom. The zero-order valence-electron chi connectivity index (χ0n) is 15.3. The van der Waals surface area contributed by atoms with Gasteiger partial charge in [-0.15, -0.1) is 0 Å². The molecule has 0 bridgehead atoms. The number of aromatic nitrogens is 1. The van der Waals surface area contributed by atoms with Crippen LogP contribution in [0.2, 0.25) is 0 Å². The lowest BCUT2D eigenvalue weighted by Gasteiger charge is -2.18. The predicted molar refractivity (Wildman–Crippen MR) is 99.0 cm³/mol. The summed E-state index contributed by atoms with van der Waals surface area (Å²) in [5.74, 6) is -0.284. The fourth-order valence-electron chi connectivity index (χ4n) is 2.88. The lowest BCUT2D eigenvalue weighted by molar-refractivity contribution is 0.0845. The third-order valence-corrected chi connectivity index (χ3v) is 4.30. The second-order valence-corrected chi connectivity index (χ2v) is 6.24. The number of aryl methyl sites for hydroxylation is 1. The van der Waals surface area contributed by atoms with Crippen molar-refractivity contribution in [3.63, 3.8) is 0 Å². The van der Waals surface area contributed by atoms with Gasteiger partial charge in [-0.2, -0.15) is 0 Å². The highest BCUT2D eigenvalue weighted by Crippen LogP contribution is 2.30. The van der Waals surface area contributed by atoms with Crippen molar-refractivity contribution in [3.05, 3.63) is 65.2 Å². The monoisotopic (exact) mass is 397 g/mol.